The topological polar surface area (TPSA) is 52.7 Å². The van der Waals surface area contributed by atoms with Crippen molar-refractivity contribution in [3.05, 3.63) is 66.2 Å². The van der Waals surface area contributed by atoms with E-state index in [-0.39, 0.29) is 18.5 Å². The molecule has 0 aliphatic carbocycles. The Hall–Kier alpha value is -2.31. The highest BCUT2D eigenvalue weighted by Crippen LogP contribution is 2.17. The first kappa shape index (κ1) is 20.4. The van der Waals surface area contributed by atoms with Gasteiger partial charge in [0.05, 0.1) is 6.54 Å². The molecule has 2 aromatic rings. The average molecular weight is 398 g/mol. The molecule has 0 aromatic heterocycles. The third-order valence-electron chi connectivity index (χ3n) is 5.01. The van der Waals surface area contributed by atoms with Crippen LogP contribution < -0.4 is 4.72 Å². The van der Waals surface area contributed by atoms with Crippen LogP contribution in [0.2, 0.25) is 0 Å². The van der Waals surface area contributed by atoms with Crippen LogP contribution in [0.15, 0.2) is 65.6 Å². The summed E-state index contributed by atoms with van der Waals surface area (Å²) in [5.74, 6) is 0.0668. The molecule has 1 atom stereocenters. The third-order valence-corrected chi connectivity index (χ3v) is 5.81. The summed E-state index contributed by atoms with van der Waals surface area (Å²) in [4.78, 5) is 29.0. The highest BCUT2D eigenvalue weighted by molar-refractivity contribution is 7.97. The molecule has 148 valence electrons. The van der Waals surface area contributed by atoms with Gasteiger partial charge in [0, 0.05) is 30.6 Å². The van der Waals surface area contributed by atoms with Crippen LogP contribution in [0.3, 0.4) is 0 Å². The van der Waals surface area contributed by atoms with Gasteiger partial charge in [0.15, 0.2) is 0 Å². The van der Waals surface area contributed by atoms with E-state index in [1.165, 1.54) is 17.5 Å². The zero-order valence-electron chi connectivity index (χ0n) is 16.0. The van der Waals surface area contributed by atoms with Crippen LogP contribution in [-0.4, -0.2) is 54.3 Å². The maximum Gasteiger partial charge on any atom is 0.237 e. The summed E-state index contributed by atoms with van der Waals surface area (Å²) in [5.41, 5.74) is 1.21. The summed E-state index contributed by atoms with van der Waals surface area (Å²) < 4.78 is 3.17. The fourth-order valence-corrected chi connectivity index (χ4v) is 4.11. The largest absolute Gasteiger partial charge is 0.340 e. The van der Waals surface area contributed by atoms with Crippen molar-refractivity contribution in [2.75, 3.05) is 26.2 Å². The van der Waals surface area contributed by atoms with E-state index in [4.69, 9.17) is 0 Å². The lowest BCUT2D eigenvalue weighted by molar-refractivity contribution is -0.131. The van der Waals surface area contributed by atoms with Crippen molar-refractivity contribution in [1.29, 1.82) is 0 Å². The molecule has 1 heterocycles. The van der Waals surface area contributed by atoms with E-state index < -0.39 is 0 Å². The van der Waals surface area contributed by atoms with Gasteiger partial charge in [-0.2, -0.15) is 0 Å². The first-order chi connectivity index (χ1) is 13.8. The number of rotatable bonds is 10. The Bertz CT molecular complexity index is 742. The summed E-state index contributed by atoms with van der Waals surface area (Å²) in [5, 5.41) is 0. The molecule has 6 heteroatoms. The maximum absolute atomic E-state index is 12.9. The summed E-state index contributed by atoms with van der Waals surface area (Å²) in [6, 6.07) is 20.3. The lowest BCUT2D eigenvalue weighted by atomic mass is 10.1. The number of nitrogens with one attached hydrogen (secondary N) is 1. The highest BCUT2D eigenvalue weighted by Gasteiger charge is 2.27. The zero-order valence-corrected chi connectivity index (χ0v) is 16.8. The van der Waals surface area contributed by atoms with Crippen LogP contribution in [0.1, 0.15) is 18.4 Å². The van der Waals surface area contributed by atoms with Crippen molar-refractivity contribution in [1.82, 2.24) is 14.5 Å². The molecular weight excluding hydrogens is 370 g/mol. The van der Waals surface area contributed by atoms with Crippen molar-refractivity contribution < 1.29 is 9.59 Å². The molecule has 1 saturated heterocycles. The molecule has 1 N–H and O–H groups in total. The number of carbonyl (C=O) groups is 2. The maximum atomic E-state index is 12.9. The molecule has 1 unspecified atom stereocenters. The summed E-state index contributed by atoms with van der Waals surface area (Å²) in [6.07, 6.45) is 3.69. The Morgan fingerprint density at radius 1 is 1.14 bits per heavy atom. The summed E-state index contributed by atoms with van der Waals surface area (Å²) in [7, 11) is 0. The molecule has 3 rings (SSSR count). The molecule has 2 amide bonds. The predicted molar refractivity (Wildman–Crippen MR) is 113 cm³/mol. The number of benzene rings is 2. The second-order valence-corrected chi connectivity index (χ2v) is 7.92. The SMILES string of the molecule is O=CN1CCCC1CN(CCc1ccccc1)C(=O)CNSc1ccccc1. The number of nitrogens with zero attached hydrogens (tertiary/aromatic N) is 2. The zero-order chi connectivity index (χ0) is 19.6. The molecule has 0 bridgehead atoms. The van der Waals surface area contributed by atoms with Gasteiger partial charge in [-0.3, -0.25) is 14.3 Å². The Morgan fingerprint density at radius 3 is 2.57 bits per heavy atom. The van der Waals surface area contributed by atoms with E-state index in [2.05, 4.69) is 16.9 Å². The molecule has 0 saturated carbocycles. The van der Waals surface area contributed by atoms with Crippen LogP contribution >= 0.6 is 11.9 Å². The predicted octanol–water partition coefficient (Wildman–Crippen LogP) is 2.98. The van der Waals surface area contributed by atoms with Gasteiger partial charge < -0.3 is 9.80 Å². The Balaban J connectivity index is 1.57. The van der Waals surface area contributed by atoms with Crippen molar-refractivity contribution in [2.24, 2.45) is 0 Å². The van der Waals surface area contributed by atoms with Crippen LogP contribution in [0.25, 0.3) is 0 Å². The number of hydrogen-bond acceptors (Lipinski definition) is 4. The average Bonchev–Trinajstić information content (AvgIpc) is 3.19. The summed E-state index contributed by atoms with van der Waals surface area (Å²) in [6.45, 7) is 2.31. The molecule has 28 heavy (non-hydrogen) atoms. The normalized spacial score (nSPS) is 16.1. The number of amides is 2. The number of hydrogen-bond donors (Lipinski definition) is 1. The van der Waals surface area contributed by atoms with Crippen molar-refractivity contribution >= 4 is 24.3 Å². The summed E-state index contributed by atoms with van der Waals surface area (Å²) >= 11 is 1.46. The lowest BCUT2D eigenvalue weighted by Gasteiger charge is -2.29. The smallest absolute Gasteiger partial charge is 0.237 e. The van der Waals surface area contributed by atoms with E-state index in [0.29, 0.717) is 13.1 Å². The van der Waals surface area contributed by atoms with Crippen LogP contribution in [-0.2, 0) is 16.0 Å². The molecule has 0 radical (unpaired) electrons. The van der Waals surface area contributed by atoms with Crippen molar-refractivity contribution in [2.45, 2.75) is 30.2 Å². The molecule has 1 aliphatic heterocycles. The molecule has 1 fully saturated rings. The lowest BCUT2D eigenvalue weighted by Crippen LogP contribution is -2.45. The standard InChI is InChI=1S/C22H27N3O2S/c26-18-25-14-7-10-20(25)17-24(15-13-19-8-3-1-4-9-19)22(27)16-23-28-21-11-5-2-6-12-21/h1-6,8-9,11-12,18,20,23H,7,10,13-17H2. The molecule has 1 aliphatic rings. The third kappa shape index (κ3) is 6.11. The first-order valence-electron chi connectivity index (χ1n) is 9.74. The van der Waals surface area contributed by atoms with Gasteiger partial charge in [-0.25, -0.2) is 0 Å². The van der Waals surface area contributed by atoms with Gasteiger partial charge >= 0.3 is 0 Å². The van der Waals surface area contributed by atoms with Gasteiger partial charge in [0.1, 0.15) is 0 Å². The monoisotopic (exact) mass is 397 g/mol. The molecule has 2 aromatic carbocycles. The van der Waals surface area contributed by atoms with Gasteiger partial charge in [0.2, 0.25) is 12.3 Å². The molecule has 5 nitrogen and oxygen atoms in total. The van der Waals surface area contributed by atoms with Crippen LogP contribution in [0, 0.1) is 0 Å². The van der Waals surface area contributed by atoms with Gasteiger partial charge in [-0.15, -0.1) is 0 Å². The Kier molecular flexibility index (Phi) is 7.94. The Morgan fingerprint density at radius 2 is 1.86 bits per heavy atom. The first-order valence-corrected chi connectivity index (χ1v) is 10.6. The number of likely N-dealkylation sites (tertiary alicyclic amines) is 1. The van der Waals surface area contributed by atoms with E-state index in [1.807, 2.05) is 58.3 Å². The second-order valence-electron chi connectivity index (χ2n) is 6.95. The minimum atomic E-state index is 0.0668. The fraction of sp³-hybridized carbons (Fsp3) is 0.364. The number of carbonyl (C=O) groups excluding carboxylic acids is 2. The van der Waals surface area contributed by atoms with Crippen LogP contribution in [0.4, 0.5) is 0 Å². The molecular formula is C22H27N3O2S. The fourth-order valence-electron chi connectivity index (χ4n) is 3.46. The van der Waals surface area contributed by atoms with Crippen molar-refractivity contribution in [3.8, 4) is 0 Å². The quantitative estimate of drug-likeness (QED) is 0.495. The van der Waals surface area contributed by atoms with Crippen molar-refractivity contribution in [3.63, 3.8) is 0 Å². The van der Waals surface area contributed by atoms with Crippen LogP contribution in [0.5, 0.6) is 0 Å². The van der Waals surface area contributed by atoms with E-state index in [1.54, 1.807) is 0 Å². The van der Waals surface area contributed by atoms with Gasteiger partial charge in [0.25, 0.3) is 0 Å². The van der Waals surface area contributed by atoms with Gasteiger partial charge in [-0.1, -0.05) is 48.5 Å². The van der Waals surface area contributed by atoms with E-state index in [9.17, 15) is 9.59 Å². The van der Waals surface area contributed by atoms with Gasteiger partial charge in [-0.05, 0) is 48.9 Å². The highest BCUT2D eigenvalue weighted by atomic mass is 32.2. The second kappa shape index (κ2) is 10.9. The molecule has 0 spiro atoms. The van der Waals surface area contributed by atoms with E-state index in [0.717, 1.165) is 37.1 Å². The van der Waals surface area contributed by atoms with E-state index >= 15 is 0 Å². The minimum Gasteiger partial charge on any atom is -0.340 e. The minimum absolute atomic E-state index is 0.0668. The Labute approximate surface area is 171 Å².